The Labute approximate surface area is 133 Å². The molecule has 114 valence electrons. The molecule has 6 heteroatoms. The molecule has 0 aliphatic rings. The number of furan rings is 1. The van der Waals surface area contributed by atoms with Crippen LogP contribution in [0.3, 0.4) is 0 Å². The van der Waals surface area contributed by atoms with E-state index in [4.69, 9.17) is 16.0 Å². The molecule has 2 N–H and O–H groups in total. The Morgan fingerprint density at radius 1 is 1.27 bits per heavy atom. The van der Waals surface area contributed by atoms with Crippen LogP contribution in [0.4, 0.5) is 5.82 Å². The van der Waals surface area contributed by atoms with Crippen LogP contribution in [0.25, 0.3) is 10.9 Å². The molecule has 0 aliphatic carbocycles. The first kappa shape index (κ1) is 14.8. The zero-order valence-corrected chi connectivity index (χ0v) is 12.6. The molecule has 1 aromatic carbocycles. The van der Waals surface area contributed by atoms with Crippen molar-refractivity contribution in [3.63, 3.8) is 0 Å². The van der Waals surface area contributed by atoms with Crippen molar-refractivity contribution >= 4 is 28.3 Å². The second-order valence-corrected chi connectivity index (χ2v) is 5.53. The van der Waals surface area contributed by atoms with Crippen molar-refractivity contribution < 1.29 is 9.52 Å². The van der Waals surface area contributed by atoms with Gasteiger partial charge in [-0.05, 0) is 30.3 Å². The average Bonchev–Trinajstić information content (AvgIpc) is 3.04. The van der Waals surface area contributed by atoms with Crippen molar-refractivity contribution in [1.29, 1.82) is 0 Å². The molecule has 0 unspecified atom stereocenters. The van der Waals surface area contributed by atoms with Crippen LogP contribution >= 0.6 is 11.6 Å². The van der Waals surface area contributed by atoms with E-state index in [-0.39, 0.29) is 12.5 Å². The SMILES string of the molecule is OC[C@H](CNc1ncnc2cc(Cl)ccc12)Cc1ccco1. The summed E-state index contributed by atoms with van der Waals surface area (Å²) in [4.78, 5) is 8.48. The minimum absolute atomic E-state index is 0.0449. The van der Waals surface area contributed by atoms with Crippen molar-refractivity contribution in [3.8, 4) is 0 Å². The van der Waals surface area contributed by atoms with E-state index < -0.39 is 0 Å². The maximum Gasteiger partial charge on any atom is 0.137 e. The molecule has 0 radical (unpaired) electrons. The number of aliphatic hydroxyl groups excluding tert-OH is 1. The molecule has 1 atom stereocenters. The fraction of sp³-hybridized carbons (Fsp3) is 0.250. The van der Waals surface area contributed by atoms with Crippen molar-refractivity contribution in [2.45, 2.75) is 6.42 Å². The van der Waals surface area contributed by atoms with Gasteiger partial charge in [-0.2, -0.15) is 0 Å². The molecule has 0 saturated heterocycles. The number of aliphatic hydroxyl groups is 1. The second kappa shape index (κ2) is 6.77. The monoisotopic (exact) mass is 317 g/mol. The van der Waals surface area contributed by atoms with Gasteiger partial charge in [0.25, 0.3) is 0 Å². The molecule has 0 amide bonds. The number of aromatic nitrogens is 2. The van der Waals surface area contributed by atoms with Gasteiger partial charge in [0, 0.05) is 35.9 Å². The van der Waals surface area contributed by atoms with Gasteiger partial charge >= 0.3 is 0 Å². The summed E-state index contributed by atoms with van der Waals surface area (Å²) in [6.45, 7) is 0.661. The minimum Gasteiger partial charge on any atom is -0.469 e. The van der Waals surface area contributed by atoms with Crippen LogP contribution in [0.1, 0.15) is 5.76 Å². The lowest BCUT2D eigenvalue weighted by Crippen LogP contribution is -2.20. The van der Waals surface area contributed by atoms with Crippen molar-refractivity contribution in [1.82, 2.24) is 9.97 Å². The van der Waals surface area contributed by atoms with Gasteiger partial charge in [-0.1, -0.05) is 11.6 Å². The highest BCUT2D eigenvalue weighted by Crippen LogP contribution is 2.22. The van der Waals surface area contributed by atoms with Crippen LogP contribution in [-0.2, 0) is 6.42 Å². The van der Waals surface area contributed by atoms with E-state index in [0.29, 0.717) is 18.0 Å². The zero-order chi connectivity index (χ0) is 15.4. The van der Waals surface area contributed by atoms with E-state index in [1.165, 1.54) is 6.33 Å². The Bertz CT molecular complexity index is 746. The summed E-state index contributed by atoms with van der Waals surface area (Å²) in [5, 5.41) is 14.3. The molecule has 0 spiro atoms. The fourth-order valence-electron chi connectivity index (χ4n) is 2.33. The molecule has 0 saturated carbocycles. The van der Waals surface area contributed by atoms with Gasteiger partial charge in [-0.15, -0.1) is 0 Å². The third-order valence-corrected chi connectivity index (χ3v) is 3.72. The van der Waals surface area contributed by atoms with E-state index in [9.17, 15) is 5.11 Å². The van der Waals surface area contributed by atoms with Crippen molar-refractivity contribution in [2.75, 3.05) is 18.5 Å². The molecule has 2 heterocycles. The fourth-order valence-corrected chi connectivity index (χ4v) is 2.49. The Hall–Kier alpha value is -2.11. The first-order chi connectivity index (χ1) is 10.8. The molecule has 0 fully saturated rings. The molecule has 0 aliphatic heterocycles. The second-order valence-electron chi connectivity index (χ2n) is 5.10. The Balaban J connectivity index is 1.72. The van der Waals surface area contributed by atoms with Crippen LogP contribution in [-0.4, -0.2) is 28.2 Å². The smallest absolute Gasteiger partial charge is 0.137 e. The van der Waals surface area contributed by atoms with Gasteiger partial charge in [0.1, 0.15) is 17.9 Å². The Morgan fingerprint density at radius 3 is 2.95 bits per heavy atom. The van der Waals surface area contributed by atoms with Gasteiger partial charge in [-0.3, -0.25) is 0 Å². The number of rotatable bonds is 6. The molecule has 5 nitrogen and oxygen atoms in total. The first-order valence-electron chi connectivity index (χ1n) is 7.03. The minimum atomic E-state index is 0.0449. The highest BCUT2D eigenvalue weighted by molar-refractivity contribution is 6.31. The quantitative estimate of drug-likeness (QED) is 0.731. The van der Waals surface area contributed by atoms with Crippen molar-refractivity contribution in [2.24, 2.45) is 5.92 Å². The zero-order valence-electron chi connectivity index (χ0n) is 11.9. The lowest BCUT2D eigenvalue weighted by molar-refractivity contribution is 0.226. The predicted octanol–water partition coefficient (Wildman–Crippen LogP) is 3.14. The van der Waals surface area contributed by atoms with Gasteiger partial charge in [0.05, 0.1) is 11.8 Å². The molecule has 3 aromatic rings. The van der Waals surface area contributed by atoms with Crippen LogP contribution in [0.2, 0.25) is 5.02 Å². The summed E-state index contributed by atoms with van der Waals surface area (Å²) in [6.07, 6.45) is 3.81. The van der Waals surface area contributed by atoms with Crippen molar-refractivity contribution in [3.05, 3.63) is 53.7 Å². The third kappa shape index (κ3) is 3.37. The number of anilines is 1. The van der Waals surface area contributed by atoms with Crippen LogP contribution in [0, 0.1) is 5.92 Å². The number of benzene rings is 1. The molecular formula is C16H16ClN3O2. The topological polar surface area (TPSA) is 71.2 Å². The highest BCUT2D eigenvalue weighted by atomic mass is 35.5. The number of nitrogens with one attached hydrogen (secondary N) is 1. The molecule has 2 aromatic heterocycles. The summed E-state index contributed by atoms with van der Waals surface area (Å²) < 4.78 is 5.32. The number of hydrogen-bond donors (Lipinski definition) is 2. The van der Waals surface area contributed by atoms with Gasteiger partial charge < -0.3 is 14.8 Å². The van der Waals surface area contributed by atoms with Crippen LogP contribution < -0.4 is 5.32 Å². The van der Waals surface area contributed by atoms with E-state index in [0.717, 1.165) is 22.5 Å². The van der Waals surface area contributed by atoms with E-state index in [1.807, 2.05) is 24.3 Å². The normalized spacial score (nSPS) is 12.5. The lowest BCUT2D eigenvalue weighted by Gasteiger charge is -2.15. The average molecular weight is 318 g/mol. The lowest BCUT2D eigenvalue weighted by atomic mass is 10.1. The highest BCUT2D eigenvalue weighted by Gasteiger charge is 2.12. The van der Waals surface area contributed by atoms with Gasteiger partial charge in [0.15, 0.2) is 0 Å². The van der Waals surface area contributed by atoms with E-state index in [2.05, 4.69) is 15.3 Å². The molecule has 3 rings (SSSR count). The summed E-state index contributed by atoms with van der Waals surface area (Å²) >= 11 is 5.98. The van der Waals surface area contributed by atoms with E-state index >= 15 is 0 Å². The Morgan fingerprint density at radius 2 is 2.18 bits per heavy atom. The largest absolute Gasteiger partial charge is 0.469 e. The molecule has 0 bridgehead atoms. The van der Waals surface area contributed by atoms with Crippen LogP contribution in [0.15, 0.2) is 47.3 Å². The number of halogens is 1. The summed E-state index contributed by atoms with van der Waals surface area (Å²) in [7, 11) is 0. The molecule has 22 heavy (non-hydrogen) atoms. The third-order valence-electron chi connectivity index (χ3n) is 3.48. The van der Waals surface area contributed by atoms with Gasteiger partial charge in [0.2, 0.25) is 0 Å². The molecular weight excluding hydrogens is 302 g/mol. The number of hydrogen-bond acceptors (Lipinski definition) is 5. The number of nitrogens with zero attached hydrogens (tertiary/aromatic N) is 2. The summed E-state index contributed by atoms with van der Waals surface area (Å²) in [5.41, 5.74) is 0.789. The first-order valence-corrected chi connectivity index (χ1v) is 7.41. The summed E-state index contributed by atoms with van der Waals surface area (Å²) in [6, 6.07) is 9.25. The standard InChI is InChI=1S/C16H16ClN3O2/c17-12-3-4-14-15(7-12)19-10-20-16(14)18-8-11(9-21)6-13-2-1-5-22-13/h1-5,7,10-11,21H,6,8-9H2,(H,18,19,20)/t11-/m0/s1. The van der Waals surface area contributed by atoms with E-state index in [1.54, 1.807) is 12.3 Å². The van der Waals surface area contributed by atoms with Gasteiger partial charge in [-0.25, -0.2) is 9.97 Å². The summed E-state index contributed by atoms with van der Waals surface area (Å²) in [5.74, 6) is 1.64. The maximum absolute atomic E-state index is 9.52. The number of fused-ring (bicyclic) bond motifs is 1. The predicted molar refractivity (Wildman–Crippen MR) is 86.0 cm³/mol. The Kier molecular flexibility index (Phi) is 4.56. The maximum atomic E-state index is 9.52. The van der Waals surface area contributed by atoms with Crippen LogP contribution in [0.5, 0.6) is 0 Å².